The summed E-state index contributed by atoms with van der Waals surface area (Å²) in [6.07, 6.45) is 0. The van der Waals surface area contributed by atoms with Crippen molar-refractivity contribution in [1.82, 2.24) is 9.80 Å². The molecule has 0 saturated carbocycles. The van der Waals surface area contributed by atoms with E-state index in [1.807, 2.05) is 41.5 Å². The van der Waals surface area contributed by atoms with Gasteiger partial charge < -0.3 is 29.8 Å². The fraction of sp³-hybridized carbons (Fsp3) is 0.333. The van der Waals surface area contributed by atoms with Crippen LogP contribution in [-0.2, 0) is 0 Å². The van der Waals surface area contributed by atoms with Gasteiger partial charge in [-0.05, 0) is 77.9 Å². The normalized spacial score (nSPS) is 10.8. The molecule has 0 fully saturated rings. The number of phenolic OH excluding ortho intramolecular Hbond substituents is 2. The molecule has 0 aliphatic carbocycles. The van der Waals surface area contributed by atoms with Crippen molar-refractivity contribution in [1.29, 1.82) is 0 Å². The van der Waals surface area contributed by atoms with E-state index >= 15 is 0 Å². The number of hydrogen-bond acceptors (Lipinski definition) is 8. The standard InChI is InChI=1S/C42H50N4O6/c1-7-43(8-2)29-21-23-35(37(47)27-29)39(49)31-17-13-15-19-33(31)41(51)45(11-5)25-26-46(12-6)42(52)34-20-16-14-18-32(34)40(50)36-24-22-30(28-38(36)48)44(9-3)10-4/h13-24,27-28,47-48H,7-12,25-26H2,1-6H3. The van der Waals surface area contributed by atoms with Gasteiger partial charge in [-0.3, -0.25) is 19.2 Å². The van der Waals surface area contributed by atoms with Crippen molar-refractivity contribution in [3.8, 4) is 11.5 Å². The molecule has 0 unspecified atom stereocenters. The van der Waals surface area contributed by atoms with Crippen molar-refractivity contribution < 1.29 is 29.4 Å². The molecule has 0 radical (unpaired) electrons. The quantitative estimate of drug-likeness (QED) is 0.114. The summed E-state index contributed by atoms with van der Waals surface area (Å²) in [4.78, 5) is 62.6. The number of ketones is 2. The molecule has 10 heteroatoms. The molecule has 274 valence electrons. The molecule has 10 nitrogen and oxygen atoms in total. The molecule has 4 aromatic rings. The van der Waals surface area contributed by atoms with Crippen molar-refractivity contribution in [2.75, 3.05) is 62.2 Å². The maximum atomic E-state index is 13.9. The number of amides is 2. The van der Waals surface area contributed by atoms with Crippen LogP contribution in [0.25, 0.3) is 0 Å². The molecule has 0 aliphatic rings. The lowest BCUT2D eigenvalue weighted by molar-refractivity contribution is 0.0672. The lowest BCUT2D eigenvalue weighted by atomic mass is 9.96. The number of anilines is 2. The second-order valence-corrected chi connectivity index (χ2v) is 12.3. The smallest absolute Gasteiger partial charge is 0.254 e. The molecular formula is C42H50N4O6. The van der Waals surface area contributed by atoms with E-state index in [4.69, 9.17) is 0 Å². The Labute approximate surface area is 306 Å². The Hall–Kier alpha value is -5.64. The Morgan fingerprint density at radius 3 is 1.06 bits per heavy atom. The highest BCUT2D eigenvalue weighted by Gasteiger charge is 2.27. The van der Waals surface area contributed by atoms with Gasteiger partial charge >= 0.3 is 0 Å². The zero-order chi connectivity index (χ0) is 37.9. The van der Waals surface area contributed by atoms with E-state index in [0.29, 0.717) is 13.1 Å². The molecule has 0 saturated heterocycles. The van der Waals surface area contributed by atoms with E-state index in [2.05, 4.69) is 9.80 Å². The lowest BCUT2D eigenvalue weighted by Crippen LogP contribution is -2.41. The van der Waals surface area contributed by atoms with E-state index in [0.717, 1.165) is 37.6 Å². The lowest BCUT2D eigenvalue weighted by Gasteiger charge is -2.27. The zero-order valence-corrected chi connectivity index (χ0v) is 31.1. The van der Waals surface area contributed by atoms with E-state index in [-0.39, 0.29) is 69.8 Å². The van der Waals surface area contributed by atoms with Crippen molar-refractivity contribution >= 4 is 34.8 Å². The van der Waals surface area contributed by atoms with Gasteiger partial charge in [-0.2, -0.15) is 0 Å². The van der Waals surface area contributed by atoms with Gasteiger partial charge in [0.15, 0.2) is 11.6 Å². The maximum absolute atomic E-state index is 13.9. The Kier molecular flexibility index (Phi) is 13.6. The third-order valence-electron chi connectivity index (χ3n) is 9.49. The topological polar surface area (TPSA) is 122 Å². The molecule has 0 spiro atoms. The molecule has 0 atom stereocenters. The van der Waals surface area contributed by atoms with Crippen molar-refractivity contribution in [2.24, 2.45) is 0 Å². The summed E-state index contributed by atoms with van der Waals surface area (Å²) in [7, 11) is 0. The molecule has 0 heterocycles. The molecular weight excluding hydrogens is 656 g/mol. The highest BCUT2D eigenvalue weighted by molar-refractivity contribution is 6.17. The van der Waals surface area contributed by atoms with Crippen LogP contribution < -0.4 is 9.80 Å². The third-order valence-corrected chi connectivity index (χ3v) is 9.49. The van der Waals surface area contributed by atoms with Crippen LogP contribution in [0.4, 0.5) is 11.4 Å². The van der Waals surface area contributed by atoms with Crippen LogP contribution in [0, 0.1) is 0 Å². The van der Waals surface area contributed by atoms with Gasteiger partial charge in [-0.25, -0.2) is 0 Å². The number of rotatable bonds is 17. The second-order valence-electron chi connectivity index (χ2n) is 12.3. The minimum absolute atomic E-state index is 0.100. The summed E-state index contributed by atoms with van der Waals surface area (Å²) in [5.41, 5.74) is 2.52. The number of hydrogen-bond donors (Lipinski definition) is 2. The van der Waals surface area contributed by atoms with Crippen LogP contribution in [0.2, 0.25) is 0 Å². The van der Waals surface area contributed by atoms with Gasteiger partial charge in [0.05, 0.1) is 22.3 Å². The average molecular weight is 707 g/mol. The number of aromatic hydroxyl groups is 2. The molecule has 2 N–H and O–H groups in total. The molecule has 0 aromatic heterocycles. The summed E-state index contributed by atoms with van der Waals surface area (Å²) in [6, 6.07) is 22.9. The average Bonchev–Trinajstić information content (AvgIpc) is 3.16. The van der Waals surface area contributed by atoms with Crippen LogP contribution in [0.5, 0.6) is 11.5 Å². The highest BCUT2D eigenvalue weighted by Crippen LogP contribution is 2.30. The predicted molar refractivity (Wildman–Crippen MR) is 206 cm³/mol. The van der Waals surface area contributed by atoms with Crippen LogP contribution in [-0.4, -0.2) is 95.8 Å². The Morgan fingerprint density at radius 2 is 0.769 bits per heavy atom. The number of carbonyl (C=O) groups is 4. The second kappa shape index (κ2) is 18.0. The fourth-order valence-electron chi connectivity index (χ4n) is 6.41. The zero-order valence-electron chi connectivity index (χ0n) is 31.1. The van der Waals surface area contributed by atoms with Gasteiger partial charge in [0.25, 0.3) is 11.8 Å². The number of benzene rings is 4. The van der Waals surface area contributed by atoms with Gasteiger partial charge in [0.1, 0.15) is 11.5 Å². The van der Waals surface area contributed by atoms with Gasteiger partial charge in [-0.1, -0.05) is 36.4 Å². The third kappa shape index (κ3) is 8.45. The number of nitrogens with zero attached hydrogens (tertiary/aromatic N) is 4. The van der Waals surface area contributed by atoms with Crippen LogP contribution in [0.1, 0.15) is 94.1 Å². The summed E-state index contributed by atoms with van der Waals surface area (Å²) in [5, 5.41) is 21.7. The predicted octanol–water partition coefficient (Wildman–Crippen LogP) is 6.88. The largest absolute Gasteiger partial charge is 0.507 e. The molecule has 0 bridgehead atoms. The number of likely N-dealkylation sites (N-methyl/N-ethyl adjacent to an activating group) is 2. The number of phenols is 2. The Balaban J connectivity index is 1.54. The van der Waals surface area contributed by atoms with Crippen LogP contribution in [0.3, 0.4) is 0 Å². The first-order chi connectivity index (χ1) is 25.0. The number of carbonyl (C=O) groups excluding carboxylic acids is 4. The van der Waals surface area contributed by atoms with E-state index < -0.39 is 11.6 Å². The monoisotopic (exact) mass is 706 g/mol. The first-order valence-corrected chi connectivity index (χ1v) is 18.1. The first kappa shape index (κ1) is 39.2. The Bertz CT molecular complexity index is 1760. The maximum Gasteiger partial charge on any atom is 0.254 e. The first-order valence-electron chi connectivity index (χ1n) is 18.1. The molecule has 52 heavy (non-hydrogen) atoms. The SMILES string of the molecule is CCN(CCN(CC)C(=O)c1ccccc1C(=O)c1ccc(N(CC)CC)cc1O)C(=O)c1ccccc1C(=O)c1ccc(N(CC)CC)cc1O. The summed E-state index contributed by atoms with van der Waals surface area (Å²) >= 11 is 0. The summed E-state index contributed by atoms with van der Waals surface area (Å²) in [6.45, 7) is 15.6. The summed E-state index contributed by atoms with van der Waals surface area (Å²) < 4.78 is 0. The van der Waals surface area contributed by atoms with E-state index in [9.17, 15) is 29.4 Å². The van der Waals surface area contributed by atoms with Gasteiger partial charge in [0, 0.05) is 87.0 Å². The van der Waals surface area contributed by atoms with E-state index in [1.165, 1.54) is 0 Å². The van der Waals surface area contributed by atoms with Crippen molar-refractivity contribution in [2.45, 2.75) is 41.5 Å². The molecule has 4 rings (SSSR count). The fourth-order valence-corrected chi connectivity index (χ4v) is 6.41. The van der Waals surface area contributed by atoms with Crippen LogP contribution >= 0.6 is 0 Å². The minimum Gasteiger partial charge on any atom is -0.507 e. The molecule has 2 amide bonds. The highest BCUT2D eigenvalue weighted by atomic mass is 16.3. The van der Waals surface area contributed by atoms with Crippen molar-refractivity contribution in [3.63, 3.8) is 0 Å². The molecule has 0 aliphatic heterocycles. The van der Waals surface area contributed by atoms with Gasteiger partial charge in [-0.15, -0.1) is 0 Å². The van der Waals surface area contributed by atoms with E-state index in [1.54, 1.807) is 94.7 Å². The van der Waals surface area contributed by atoms with Crippen molar-refractivity contribution in [3.05, 3.63) is 118 Å². The Morgan fingerprint density at radius 1 is 0.442 bits per heavy atom. The van der Waals surface area contributed by atoms with Gasteiger partial charge in [0.2, 0.25) is 0 Å². The molecule has 4 aromatic carbocycles. The minimum atomic E-state index is -0.469. The summed E-state index contributed by atoms with van der Waals surface area (Å²) in [5.74, 6) is -2.02. The van der Waals surface area contributed by atoms with Crippen LogP contribution in [0.15, 0.2) is 84.9 Å².